The summed E-state index contributed by atoms with van der Waals surface area (Å²) in [6.45, 7) is 3.21. The van der Waals surface area contributed by atoms with E-state index < -0.39 is 0 Å². The molecular formula is C19H21N3O2. The van der Waals surface area contributed by atoms with Crippen LogP contribution in [0.3, 0.4) is 0 Å². The second kappa shape index (κ2) is 6.32. The number of carbonyl (C=O) groups excluding carboxylic acids is 1. The van der Waals surface area contributed by atoms with Crippen molar-refractivity contribution in [2.24, 2.45) is 5.92 Å². The predicted molar refractivity (Wildman–Crippen MR) is 89.3 cm³/mol. The van der Waals surface area contributed by atoms with Crippen molar-refractivity contribution in [2.75, 3.05) is 6.54 Å². The van der Waals surface area contributed by atoms with Crippen molar-refractivity contribution >= 4 is 5.91 Å². The first kappa shape index (κ1) is 15.3. The second-order valence-electron chi connectivity index (χ2n) is 6.65. The number of piperidine rings is 1. The summed E-state index contributed by atoms with van der Waals surface area (Å²) >= 11 is 0. The highest BCUT2D eigenvalue weighted by atomic mass is 16.5. The highest BCUT2D eigenvalue weighted by Gasteiger charge is 2.49. The summed E-state index contributed by atoms with van der Waals surface area (Å²) in [5.41, 5.74) is 2.52. The fourth-order valence-electron chi connectivity index (χ4n) is 3.85. The zero-order chi connectivity index (χ0) is 16.5. The molecule has 5 heteroatoms. The van der Waals surface area contributed by atoms with E-state index >= 15 is 0 Å². The predicted octanol–water partition coefficient (Wildman–Crippen LogP) is 2.60. The molecule has 0 radical (unpaired) electrons. The number of rotatable bonds is 4. The molecule has 124 valence electrons. The minimum absolute atomic E-state index is 0.0705. The number of amides is 1. The third-order valence-electron chi connectivity index (χ3n) is 5.08. The summed E-state index contributed by atoms with van der Waals surface area (Å²) in [6, 6.07) is 9.76. The van der Waals surface area contributed by atoms with Gasteiger partial charge in [-0.15, -0.1) is 0 Å². The Morgan fingerprint density at radius 1 is 1.25 bits per heavy atom. The first-order valence-corrected chi connectivity index (χ1v) is 8.47. The number of carbonyl (C=O) groups is 1. The van der Waals surface area contributed by atoms with E-state index in [1.54, 1.807) is 12.4 Å². The van der Waals surface area contributed by atoms with Crippen molar-refractivity contribution in [2.45, 2.75) is 38.5 Å². The quantitative estimate of drug-likeness (QED) is 0.868. The van der Waals surface area contributed by atoms with Crippen LogP contribution in [0.1, 0.15) is 34.6 Å². The number of hydrogen-bond donors (Lipinski definition) is 0. The number of fused-ring (bicyclic) bond motifs is 2. The third-order valence-corrected chi connectivity index (χ3v) is 5.08. The van der Waals surface area contributed by atoms with Gasteiger partial charge in [0.2, 0.25) is 0 Å². The molecule has 3 heterocycles. The fraction of sp³-hybridized carbons (Fsp3) is 0.421. The molecule has 0 spiro atoms. The number of pyridine rings is 2. The average molecular weight is 323 g/mol. The van der Waals surface area contributed by atoms with Gasteiger partial charge in [0, 0.05) is 30.6 Å². The van der Waals surface area contributed by atoms with Crippen molar-refractivity contribution in [3.8, 4) is 0 Å². The number of aryl methyl sites for hydroxylation is 1. The van der Waals surface area contributed by atoms with Crippen LogP contribution in [0.25, 0.3) is 0 Å². The average Bonchev–Trinajstić information content (AvgIpc) is 3.18. The summed E-state index contributed by atoms with van der Waals surface area (Å²) in [4.78, 5) is 23.3. The van der Waals surface area contributed by atoms with Crippen molar-refractivity contribution in [1.82, 2.24) is 14.9 Å². The topological polar surface area (TPSA) is 55.3 Å². The van der Waals surface area contributed by atoms with Crippen LogP contribution in [0.15, 0.2) is 42.7 Å². The van der Waals surface area contributed by atoms with E-state index in [1.807, 2.05) is 42.2 Å². The molecule has 2 aliphatic rings. The van der Waals surface area contributed by atoms with Crippen LogP contribution in [-0.2, 0) is 11.3 Å². The van der Waals surface area contributed by atoms with Crippen molar-refractivity contribution in [1.29, 1.82) is 0 Å². The molecule has 1 saturated carbocycles. The first-order chi connectivity index (χ1) is 11.7. The van der Waals surface area contributed by atoms with Crippen LogP contribution in [0.2, 0.25) is 0 Å². The van der Waals surface area contributed by atoms with Crippen LogP contribution in [0.4, 0.5) is 0 Å². The van der Waals surface area contributed by atoms with Gasteiger partial charge in [0.1, 0.15) is 0 Å². The molecule has 1 saturated heterocycles. The number of hydrogen-bond acceptors (Lipinski definition) is 4. The Balaban J connectivity index is 1.44. The van der Waals surface area contributed by atoms with E-state index in [4.69, 9.17) is 4.74 Å². The highest BCUT2D eigenvalue weighted by Crippen LogP contribution is 2.40. The molecule has 3 atom stereocenters. The molecular weight excluding hydrogens is 302 g/mol. The standard InChI is InChI=1S/C19H21N3O2/c1-13-5-6-14(10-21-13)19(23)22-11-15-7-8-17(22)18(15)24-12-16-4-2-3-9-20-16/h2-6,9-10,15,17-18H,7-8,11-12H2,1H3/t15-,17+,18-/m1/s1. The minimum Gasteiger partial charge on any atom is -0.369 e. The van der Waals surface area contributed by atoms with Crippen LogP contribution < -0.4 is 0 Å². The van der Waals surface area contributed by atoms with Crippen LogP contribution in [-0.4, -0.2) is 39.5 Å². The Kier molecular flexibility index (Phi) is 4.02. The number of aromatic nitrogens is 2. The van der Waals surface area contributed by atoms with Gasteiger partial charge in [0.15, 0.2) is 0 Å². The molecule has 2 aromatic heterocycles. The lowest BCUT2D eigenvalue weighted by Gasteiger charge is -2.27. The zero-order valence-corrected chi connectivity index (χ0v) is 13.8. The van der Waals surface area contributed by atoms with Crippen LogP contribution in [0, 0.1) is 12.8 Å². The van der Waals surface area contributed by atoms with Gasteiger partial charge in [-0.1, -0.05) is 6.07 Å². The van der Waals surface area contributed by atoms with Gasteiger partial charge < -0.3 is 9.64 Å². The Bertz CT molecular complexity index is 717. The third kappa shape index (κ3) is 2.80. The van der Waals surface area contributed by atoms with E-state index in [0.717, 1.165) is 30.8 Å². The van der Waals surface area contributed by atoms with E-state index in [9.17, 15) is 4.79 Å². The van der Waals surface area contributed by atoms with E-state index in [1.165, 1.54) is 0 Å². The summed E-state index contributed by atoms with van der Waals surface area (Å²) in [5, 5.41) is 0. The maximum Gasteiger partial charge on any atom is 0.255 e. The second-order valence-corrected chi connectivity index (χ2v) is 6.65. The molecule has 2 aromatic rings. The van der Waals surface area contributed by atoms with E-state index in [2.05, 4.69) is 9.97 Å². The largest absolute Gasteiger partial charge is 0.369 e. The normalized spacial score (nSPS) is 25.2. The molecule has 0 N–H and O–H groups in total. The SMILES string of the molecule is Cc1ccc(C(=O)N2C[C@H]3CC[C@H]2[C@@H]3OCc2ccccn2)cn1. The van der Waals surface area contributed by atoms with Gasteiger partial charge in [0.05, 0.1) is 30.0 Å². The lowest BCUT2D eigenvalue weighted by Crippen LogP contribution is -2.40. The van der Waals surface area contributed by atoms with Gasteiger partial charge in [-0.25, -0.2) is 0 Å². The molecule has 24 heavy (non-hydrogen) atoms. The monoisotopic (exact) mass is 323 g/mol. The van der Waals surface area contributed by atoms with Gasteiger partial charge in [0.25, 0.3) is 5.91 Å². The fourth-order valence-corrected chi connectivity index (χ4v) is 3.85. The Morgan fingerprint density at radius 3 is 2.92 bits per heavy atom. The number of nitrogens with zero attached hydrogens (tertiary/aromatic N) is 3. The van der Waals surface area contributed by atoms with Crippen molar-refractivity contribution in [3.05, 3.63) is 59.7 Å². The van der Waals surface area contributed by atoms with Gasteiger partial charge >= 0.3 is 0 Å². The molecule has 1 aliphatic heterocycles. The van der Waals surface area contributed by atoms with Crippen molar-refractivity contribution < 1.29 is 9.53 Å². The molecule has 2 bridgehead atoms. The van der Waals surface area contributed by atoms with Gasteiger partial charge in [-0.3, -0.25) is 14.8 Å². The van der Waals surface area contributed by atoms with Crippen molar-refractivity contribution in [3.63, 3.8) is 0 Å². The summed E-state index contributed by atoms with van der Waals surface area (Å²) in [6.07, 6.45) is 5.72. The van der Waals surface area contributed by atoms with E-state index in [-0.39, 0.29) is 18.1 Å². The molecule has 4 rings (SSSR count). The minimum atomic E-state index is 0.0705. The molecule has 1 amide bonds. The molecule has 1 aliphatic carbocycles. The Hall–Kier alpha value is -2.27. The molecule has 0 aromatic carbocycles. The number of ether oxygens (including phenoxy) is 1. The van der Waals surface area contributed by atoms with Crippen LogP contribution in [0.5, 0.6) is 0 Å². The summed E-state index contributed by atoms with van der Waals surface area (Å²) < 4.78 is 6.14. The smallest absolute Gasteiger partial charge is 0.255 e. The Morgan fingerprint density at radius 2 is 2.17 bits per heavy atom. The molecule has 0 unspecified atom stereocenters. The van der Waals surface area contributed by atoms with Gasteiger partial charge in [-0.05, 0) is 44.0 Å². The summed E-state index contributed by atoms with van der Waals surface area (Å²) in [5.74, 6) is 0.502. The number of likely N-dealkylation sites (tertiary alicyclic amines) is 1. The van der Waals surface area contributed by atoms with E-state index in [0.29, 0.717) is 18.1 Å². The van der Waals surface area contributed by atoms with Gasteiger partial charge in [-0.2, -0.15) is 0 Å². The summed E-state index contributed by atoms with van der Waals surface area (Å²) in [7, 11) is 0. The molecule has 5 nitrogen and oxygen atoms in total. The lowest BCUT2D eigenvalue weighted by molar-refractivity contribution is 0.0144. The van der Waals surface area contributed by atoms with Crippen LogP contribution >= 0.6 is 0 Å². The highest BCUT2D eigenvalue weighted by molar-refractivity contribution is 5.94. The maximum atomic E-state index is 12.8. The molecule has 2 fully saturated rings. The zero-order valence-electron chi connectivity index (χ0n) is 13.8. The Labute approximate surface area is 141 Å². The lowest BCUT2D eigenvalue weighted by atomic mass is 10.1. The maximum absolute atomic E-state index is 12.8. The first-order valence-electron chi connectivity index (χ1n) is 8.47.